The van der Waals surface area contributed by atoms with E-state index in [-0.39, 0.29) is 17.8 Å². The molecule has 3 atom stereocenters. The molecule has 0 radical (unpaired) electrons. The van der Waals surface area contributed by atoms with Crippen molar-refractivity contribution >= 4 is 67.8 Å². The SMILES string of the molecule is CC.CS(=O)c1ccc(Sc2ccccc2)cc1.CS(=O)c1ccccc1.CSc1ccc([S+](C)c2ccccc2)cc1.CSc1ccccc1.O.[H+]. The second kappa shape index (κ2) is 28.5. The Morgan fingerprint density at radius 1 is 0.442 bits per heavy atom. The second-order valence-corrected chi connectivity index (χ2v) is 17.8. The van der Waals surface area contributed by atoms with Crippen molar-refractivity contribution in [1.29, 1.82) is 0 Å². The molecular formula is C43H52O3S6+2. The summed E-state index contributed by atoms with van der Waals surface area (Å²) in [6, 6.07) is 57.4. The van der Waals surface area contributed by atoms with Crippen LogP contribution in [0.1, 0.15) is 15.3 Å². The highest BCUT2D eigenvalue weighted by atomic mass is 32.2. The summed E-state index contributed by atoms with van der Waals surface area (Å²) in [5.41, 5.74) is 0. The molecule has 2 N–H and O–H groups in total. The van der Waals surface area contributed by atoms with Gasteiger partial charge in [-0.25, -0.2) is 0 Å². The van der Waals surface area contributed by atoms with Crippen molar-refractivity contribution in [1.82, 2.24) is 0 Å². The van der Waals surface area contributed by atoms with Crippen molar-refractivity contribution in [3.05, 3.63) is 170 Å². The molecule has 0 amide bonds. The van der Waals surface area contributed by atoms with Crippen LogP contribution in [-0.2, 0) is 32.5 Å². The zero-order chi connectivity index (χ0) is 37.3. The molecule has 0 spiro atoms. The van der Waals surface area contributed by atoms with Crippen LogP contribution in [0.3, 0.4) is 0 Å². The zero-order valence-electron chi connectivity index (χ0n) is 31.9. The molecule has 3 nitrogen and oxygen atoms in total. The lowest BCUT2D eigenvalue weighted by molar-refractivity contribution is 0.686. The molecule has 0 aromatic heterocycles. The molecule has 276 valence electrons. The van der Waals surface area contributed by atoms with E-state index in [1.165, 1.54) is 29.4 Å². The summed E-state index contributed by atoms with van der Waals surface area (Å²) < 4.78 is 22.0. The van der Waals surface area contributed by atoms with Gasteiger partial charge in [-0.15, -0.1) is 23.5 Å². The van der Waals surface area contributed by atoms with Crippen LogP contribution in [0, 0.1) is 0 Å². The quantitative estimate of drug-likeness (QED) is 0.113. The van der Waals surface area contributed by atoms with Gasteiger partial charge in [0.25, 0.3) is 0 Å². The van der Waals surface area contributed by atoms with Crippen molar-refractivity contribution in [3.8, 4) is 0 Å². The van der Waals surface area contributed by atoms with E-state index in [0.717, 1.165) is 9.79 Å². The normalized spacial score (nSPS) is 11.4. The molecule has 0 fully saturated rings. The summed E-state index contributed by atoms with van der Waals surface area (Å²) >= 11 is 5.27. The van der Waals surface area contributed by atoms with Gasteiger partial charge >= 0.3 is 1.43 Å². The Morgan fingerprint density at radius 3 is 1.13 bits per heavy atom. The Hall–Kier alpha value is -3.02. The van der Waals surface area contributed by atoms with Crippen LogP contribution in [0.5, 0.6) is 0 Å². The standard InChI is InChI=1S/C14H15S2.C13H12OS2.C7H8OS.C7H8S.C2H6.H2O/c1-15-12-8-10-14(11-9-12)16(2)13-6-4-3-5-7-13;1-16(14)13-9-7-12(8-10-13)15-11-5-3-2-4-6-11;1-9(8)7-5-3-2-4-6-7;1-8-7-5-3-2-4-6-7;1-2;/h3-11H,1-2H3;2-10H,1H3;2-6H,1H3;2-6H,1H3;1-2H3;1H2/q+1;;;;;/p+1. The highest BCUT2D eigenvalue weighted by Crippen LogP contribution is 2.28. The van der Waals surface area contributed by atoms with E-state index in [9.17, 15) is 8.42 Å². The highest BCUT2D eigenvalue weighted by Gasteiger charge is 2.18. The molecule has 0 aliphatic heterocycles. The number of hydrogen-bond acceptors (Lipinski definition) is 5. The van der Waals surface area contributed by atoms with Crippen molar-refractivity contribution in [2.45, 2.75) is 53.0 Å². The molecule has 0 aliphatic rings. The van der Waals surface area contributed by atoms with Crippen molar-refractivity contribution in [2.24, 2.45) is 0 Å². The molecule has 3 unspecified atom stereocenters. The van der Waals surface area contributed by atoms with Crippen LogP contribution < -0.4 is 0 Å². The Bertz CT molecular complexity index is 1800. The van der Waals surface area contributed by atoms with E-state index >= 15 is 0 Å². The van der Waals surface area contributed by atoms with Crippen LogP contribution in [-0.4, -0.2) is 45.2 Å². The van der Waals surface area contributed by atoms with Crippen molar-refractivity contribution < 1.29 is 15.3 Å². The van der Waals surface area contributed by atoms with E-state index in [2.05, 4.69) is 97.6 Å². The Labute approximate surface area is 334 Å². The summed E-state index contributed by atoms with van der Waals surface area (Å²) in [7, 11) is -1.54. The fourth-order valence-electron chi connectivity index (χ4n) is 4.03. The van der Waals surface area contributed by atoms with E-state index in [1.54, 1.807) is 47.8 Å². The lowest BCUT2D eigenvalue weighted by Gasteiger charge is -2.02. The number of hydrogen-bond donors (Lipinski definition) is 0. The van der Waals surface area contributed by atoms with Gasteiger partial charge in [-0.05, 0) is 110 Å². The van der Waals surface area contributed by atoms with Gasteiger partial charge in [-0.3, -0.25) is 8.42 Å². The third-order valence-electron chi connectivity index (χ3n) is 6.70. The van der Waals surface area contributed by atoms with Gasteiger partial charge in [0, 0.05) is 63.5 Å². The van der Waals surface area contributed by atoms with Crippen LogP contribution in [0.4, 0.5) is 0 Å². The monoisotopic (exact) mass is 808 g/mol. The molecule has 0 bridgehead atoms. The molecule has 0 saturated carbocycles. The molecule has 6 aromatic rings. The van der Waals surface area contributed by atoms with E-state index in [0.29, 0.717) is 0 Å². The van der Waals surface area contributed by atoms with Crippen LogP contribution in [0.2, 0.25) is 0 Å². The Balaban J connectivity index is 0.000000687. The summed E-state index contributed by atoms with van der Waals surface area (Å²) in [6.07, 6.45) is 9.84. The average Bonchev–Trinajstić information content (AvgIpc) is 3.21. The second-order valence-electron chi connectivity index (χ2n) is 10.1. The van der Waals surface area contributed by atoms with Crippen LogP contribution in [0.25, 0.3) is 0 Å². The number of benzene rings is 6. The fourth-order valence-corrected chi connectivity index (χ4v) is 8.15. The van der Waals surface area contributed by atoms with Gasteiger partial charge in [0.2, 0.25) is 0 Å². The summed E-state index contributed by atoms with van der Waals surface area (Å²) in [6.45, 7) is 4.00. The third-order valence-corrected chi connectivity index (χ3v) is 13.0. The fraction of sp³-hybridized carbons (Fsp3) is 0.163. The molecule has 6 aromatic carbocycles. The predicted octanol–water partition coefficient (Wildman–Crippen LogP) is 11.8. The van der Waals surface area contributed by atoms with Gasteiger partial charge in [-0.2, -0.15) is 0 Å². The van der Waals surface area contributed by atoms with Crippen LogP contribution in [0.15, 0.2) is 209 Å². The Kier molecular flexibility index (Phi) is 25.7. The van der Waals surface area contributed by atoms with Gasteiger partial charge in [-0.1, -0.05) is 98.4 Å². The van der Waals surface area contributed by atoms with Gasteiger partial charge in [0.05, 0.1) is 10.9 Å². The van der Waals surface area contributed by atoms with E-state index in [4.69, 9.17) is 0 Å². The van der Waals surface area contributed by atoms with Gasteiger partial charge < -0.3 is 5.48 Å². The first kappa shape index (κ1) is 47.0. The Morgan fingerprint density at radius 2 is 0.750 bits per heavy atom. The molecule has 9 heteroatoms. The molecule has 0 aliphatic carbocycles. The predicted molar refractivity (Wildman–Crippen MR) is 237 cm³/mol. The number of thioether (sulfide) groups is 2. The first-order valence-corrected chi connectivity index (χ1v) is 24.3. The summed E-state index contributed by atoms with van der Waals surface area (Å²) in [5, 5.41) is 0. The minimum absolute atomic E-state index is 0. The highest BCUT2D eigenvalue weighted by molar-refractivity contribution is 7.99. The van der Waals surface area contributed by atoms with Gasteiger partial charge in [0.1, 0.15) is 6.26 Å². The lowest BCUT2D eigenvalue weighted by atomic mass is 10.4. The van der Waals surface area contributed by atoms with E-state index < -0.39 is 21.6 Å². The average molecular weight is 809 g/mol. The maximum atomic E-state index is 11.2. The van der Waals surface area contributed by atoms with Gasteiger partial charge in [0.15, 0.2) is 9.79 Å². The smallest absolute Gasteiger partial charge is 0.412 e. The summed E-state index contributed by atoms with van der Waals surface area (Å²) in [5.74, 6) is 0. The minimum Gasteiger partial charge on any atom is -0.412 e. The maximum absolute atomic E-state index is 11.2. The van der Waals surface area contributed by atoms with E-state index in [1.807, 2.05) is 105 Å². The number of rotatable bonds is 8. The first-order valence-electron chi connectivity index (χ1n) is 16.3. The molecule has 6 rings (SSSR count). The topological polar surface area (TPSA) is 65.6 Å². The molecule has 52 heavy (non-hydrogen) atoms. The largest absolute Gasteiger partial charge is 1.00 e. The molecule has 0 heterocycles. The van der Waals surface area contributed by atoms with Crippen molar-refractivity contribution in [3.63, 3.8) is 0 Å². The lowest BCUT2D eigenvalue weighted by Crippen LogP contribution is -1.99. The molecular weight excluding hydrogens is 757 g/mol. The molecule has 0 saturated heterocycles. The maximum Gasteiger partial charge on any atom is 1.00 e. The van der Waals surface area contributed by atoms with Crippen molar-refractivity contribution in [2.75, 3.05) is 31.3 Å². The first-order chi connectivity index (χ1) is 24.8. The third kappa shape index (κ3) is 18.6. The van der Waals surface area contributed by atoms with Crippen LogP contribution >= 0.6 is 35.3 Å². The summed E-state index contributed by atoms with van der Waals surface area (Å²) in [4.78, 5) is 9.60. The zero-order valence-corrected chi connectivity index (χ0v) is 35.8. The minimum atomic E-state index is -0.893.